The minimum Gasteiger partial charge on any atom is -0.493 e. The zero-order chi connectivity index (χ0) is 19.4. The van der Waals surface area contributed by atoms with Gasteiger partial charge in [-0.2, -0.15) is 0 Å². The fraction of sp³-hybridized carbons (Fsp3) is 0.444. The average molecular weight is 427 g/mol. The van der Waals surface area contributed by atoms with Crippen LogP contribution in [0.2, 0.25) is 0 Å². The van der Waals surface area contributed by atoms with E-state index in [1.807, 2.05) is 13.8 Å². The molecule has 1 atom stereocenters. The Hall–Kier alpha value is -2.22. The molecule has 2 N–H and O–H groups in total. The number of methoxy groups -OCH3 is 1. The minimum absolute atomic E-state index is 0.0301. The lowest BCUT2D eigenvalue weighted by Crippen LogP contribution is -2.45. The largest absolute Gasteiger partial charge is 0.493 e. The third-order valence-electron chi connectivity index (χ3n) is 3.72. The summed E-state index contributed by atoms with van der Waals surface area (Å²) in [6, 6.07) is 2.43. The van der Waals surface area contributed by atoms with Crippen molar-refractivity contribution in [3.63, 3.8) is 0 Å². The van der Waals surface area contributed by atoms with Crippen LogP contribution in [0, 0.1) is 0 Å². The molecule has 0 spiro atoms. The van der Waals surface area contributed by atoms with Crippen LogP contribution in [0.3, 0.4) is 0 Å². The first kappa shape index (κ1) is 20.1. The number of ether oxygens (including phenoxy) is 3. The summed E-state index contributed by atoms with van der Waals surface area (Å²) in [5.41, 5.74) is 1.45. The molecule has 0 bridgehead atoms. The normalized spacial score (nSPS) is 16.9. The molecule has 0 aliphatic carbocycles. The number of allylic oxidation sites excluding steroid dienone is 1. The molecule has 0 saturated heterocycles. The number of urea groups is 1. The Morgan fingerprint density at radius 1 is 1.31 bits per heavy atom. The van der Waals surface area contributed by atoms with Gasteiger partial charge in [0.15, 0.2) is 11.5 Å². The number of hydrogen-bond acceptors (Lipinski definition) is 5. The highest BCUT2D eigenvalue weighted by atomic mass is 79.9. The molecule has 2 rings (SSSR count). The van der Waals surface area contributed by atoms with Gasteiger partial charge in [0, 0.05) is 10.2 Å². The van der Waals surface area contributed by atoms with Crippen molar-refractivity contribution in [3.05, 3.63) is 33.4 Å². The summed E-state index contributed by atoms with van der Waals surface area (Å²) >= 11 is 3.51. The number of benzene rings is 1. The van der Waals surface area contributed by atoms with Crippen molar-refractivity contribution in [2.24, 2.45) is 0 Å². The molecular weight excluding hydrogens is 404 g/mol. The van der Waals surface area contributed by atoms with Gasteiger partial charge in [0.2, 0.25) is 0 Å². The van der Waals surface area contributed by atoms with E-state index in [2.05, 4.69) is 26.6 Å². The lowest BCUT2D eigenvalue weighted by molar-refractivity contribution is -0.139. The van der Waals surface area contributed by atoms with Crippen molar-refractivity contribution in [2.45, 2.75) is 39.8 Å². The molecule has 1 aliphatic rings. The lowest BCUT2D eigenvalue weighted by Gasteiger charge is -2.29. The maximum Gasteiger partial charge on any atom is 0.338 e. The molecule has 1 aliphatic heterocycles. The maximum atomic E-state index is 12.4. The van der Waals surface area contributed by atoms with Gasteiger partial charge in [-0.25, -0.2) is 9.59 Å². The summed E-state index contributed by atoms with van der Waals surface area (Å²) in [6.07, 6.45) is -0.0301. The molecule has 2 amide bonds. The predicted octanol–water partition coefficient (Wildman–Crippen LogP) is 3.44. The number of amides is 2. The molecule has 1 heterocycles. The molecule has 1 aromatic rings. The molecule has 1 aromatic carbocycles. The Labute approximate surface area is 161 Å². The molecule has 0 radical (unpaired) electrons. The standard InChI is InChI=1S/C18H23BrN2O5/c1-6-25-17(22)15-10(4)20-18(23)21-16(15)11-7-13(24-5)14(8-12(11)19)26-9(2)3/h7-9,16H,6H2,1-5H3,(H2,20,21,23)/t16-/m0/s1. The van der Waals surface area contributed by atoms with Crippen LogP contribution in [0.25, 0.3) is 0 Å². The van der Waals surface area contributed by atoms with Crippen LogP contribution in [0.1, 0.15) is 39.3 Å². The van der Waals surface area contributed by atoms with E-state index in [4.69, 9.17) is 14.2 Å². The Morgan fingerprint density at radius 2 is 2.00 bits per heavy atom. The number of rotatable bonds is 6. The highest BCUT2D eigenvalue weighted by molar-refractivity contribution is 9.10. The van der Waals surface area contributed by atoms with Gasteiger partial charge in [-0.05, 0) is 45.4 Å². The van der Waals surface area contributed by atoms with E-state index in [1.165, 1.54) is 7.11 Å². The highest BCUT2D eigenvalue weighted by Gasteiger charge is 2.34. The number of carbonyl (C=O) groups is 2. The Bertz CT molecular complexity index is 745. The second-order valence-corrected chi connectivity index (χ2v) is 6.84. The van der Waals surface area contributed by atoms with Crippen molar-refractivity contribution in [1.29, 1.82) is 0 Å². The van der Waals surface area contributed by atoms with Gasteiger partial charge in [0.25, 0.3) is 0 Å². The van der Waals surface area contributed by atoms with Gasteiger partial charge in [-0.1, -0.05) is 15.9 Å². The smallest absolute Gasteiger partial charge is 0.338 e. The predicted molar refractivity (Wildman–Crippen MR) is 100 cm³/mol. The summed E-state index contributed by atoms with van der Waals surface area (Å²) < 4.78 is 17.0. The lowest BCUT2D eigenvalue weighted by atomic mass is 9.95. The van der Waals surface area contributed by atoms with Crippen LogP contribution in [0.15, 0.2) is 27.9 Å². The molecule has 142 valence electrons. The zero-order valence-electron chi connectivity index (χ0n) is 15.4. The van der Waals surface area contributed by atoms with Crippen LogP contribution >= 0.6 is 15.9 Å². The van der Waals surface area contributed by atoms with Crippen molar-refractivity contribution >= 4 is 27.9 Å². The number of esters is 1. The van der Waals surface area contributed by atoms with E-state index in [0.717, 1.165) is 0 Å². The molecular formula is C18H23BrN2O5. The van der Waals surface area contributed by atoms with Crippen LogP contribution in [-0.2, 0) is 9.53 Å². The number of hydrogen-bond donors (Lipinski definition) is 2. The second kappa shape index (κ2) is 8.44. The number of nitrogens with one attached hydrogen (secondary N) is 2. The van der Waals surface area contributed by atoms with Crippen LogP contribution in [-0.4, -0.2) is 31.8 Å². The highest BCUT2D eigenvalue weighted by Crippen LogP contribution is 2.40. The van der Waals surface area contributed by atoms with Crippen molar-refractivity contribution in [2.75, 3.05) is 13.7 Å². The van der Waals surface area contributed by atoms with E-state index >= 15 is 0 Å². The molecule has 0 fully saturated rings. The molecule has 0 unspecified atom stereocenters. The summed E-state index contributed by atoms with van der Waals surface area (Å²) in [6.45, 7) is 7.47. The third-order valence-corrected chi connectivity index (χ3v) is 4.41. The van der Waals surface area contributed by atoms with E-state index in [1.54, 1.807) is 26.0 Å². The first-order chi connectivity index (χ1) is 12.3. The van der Waals surface area contributed by atoms with E-state index in [9.17, 15) is 9.59 Å². The summed E-state index contributed by atoms with van der Waals surface area (Å²) in [5.74, 6) is 0.582. The third kappa shape index (κ3) is 4.30. The maximum absolute atomic E-state index is 12.4. The fourth-order valence-electron chi connectivity index (χ4n) is 2.68. The van der Waals surface area contributed by atoms with Gasteiger partial charge in [-0.15, -0.1) is 0 Å². The molecule has 0 saturated carbocycles. The molecule has 7 nitrogen and oxygen atoms in total. The SMILES string of the molecule is CCOC(=O)C1=C(C)NC(=O)N[C@H]1c1cc(OC)c(OC(C)C)cc1Br. The average Bonchev–Trinajstić information content (AvgIpc) is 2.53. The monoisotopic (exact) mass is 426 g/mol. The summed E-state index contributed by atoms with van der Waals surface area (Å²) in [7, 11) is 1.54. The first-order valence-electron chi connectivity index (χ1n) is 8.27. The second-order valence-electron chi connectivity index (χ2n) is 5.98. The van der Waals surface area contributed by atoms with Crippen molar-refractivity contribution < 1.29 is 23.8 Å². The fourth-order valence-corrected chi connectivity index (χ4v) is 3.24. The number of carbonyl (C=O) groups excluding carboxylic acids is 2. The quantitative estimate of drug-likeness (QED) is 0.680. The molecule has 0 aromatic heterocycles. The van der Waals surface area contributed by atoms with E-state index in [0.29, 0.717) is 32.8 Å². The Morgan fingerprint density at radius 3 is 2.58 bits per heavy atom. The number of halogens is 1. The first-order valence-corrected chi connectivity index (χ1v) is 9.07. The van der Waals surface area contributed by atoms with Gasteiger partial charge >= 0.3 is 12.0 Å². The van der Waals surface area contributed by atoms with Crippen LogP contribution < -0.4 is 20.1 Å². The Balaban J connectivity index is 2.54. The molecule has 8 heteroatoms. The molecule has 26 heavy (non-hydrogen) atoms. The summed E-state index contributed by atoms with van der Waals surface area (Å²) in [4.78, 5) is 24.4. The van der Waals surface area contributed by atoms with Crippen molar-refractivity contribution in [3.8, 4) is 11.5 Å². The van der Waals surface area contributed by atoms with Crippen LogP contribution in [0.4, 0.5) is 4.79 Å². The van der Waals surface area contributed by atoms with Crippen LogP contribution in [0.5, 0.6) is 11.5 Å². The topological polar surface area (TPSA) is 85.9 Å². The zero-order valence-corrected chi connectivity index (χ0v) is 17.0. The van der Waals surface area contributed by atoms with Gasteiger partial charge in [0.1, 0.15) is 0 Å². The summed E-state index contributed by atoms with van der Waals surface area (Å²) in [5, 5.41) is 5.38. The van der Waals surface area contributed by atoms with Gasteiger partial charge < -0.3 is 24.8 Å². The van der Waals surface area contributed by atoms with Gasteiger partial charge in [0.05, 0.1) is 31.4 Å². The van der Waals surface area contributed by atoms with E-state index < -0.39 is 18.0 Å². The minimum atomic E-state index is -0.681. The van der Waals surface area contributed by atoms with Crippen molar-refractivity contribution in [1.82, 2.24) is 10.6 Å². The van der Waals surface area contributed by atoms with E-state index in [-0.39, 0.29) is 12.7 Å². The Kier molecular flexibility index (Phi) is 6.52. The van der Waals surface area contributed by atoms with Gasteiger partial charge in [-0.3, -0.25) is 0 Å².